The summed E-state index contributed by atoms with van der Waals surface area (Å²) in [7, 11) is 0. The number of aryl methyl sites for hydroxylation is 1. The highest BCUT2D eigenvalue weighted by Crippen LogP contribution is 2.09. The van der Waals surface area contributed by atoms with Crippen molar-refractivity contribution in [3.8, 4) is 0 Å². The Balaban J connectivity index is 0. The van der Waals surface area contributed by atoms with Crippen LogP contribution < -0.4 is 0 Å². The molecule has 0 bridgehead atoms. The van der Waals surface area contributed by atoms with E-state index >= 15 is 0 Å². The van der Waals surface area contributed by atoms with Crippen molar-refractivity contribution in [2.75, 3.05) is 39.6 Å². The Bertz CT molecular complexity index is 505. The average molecular weight is 450 g/mol. The summed E-state index contributed by atoms with van der Waals surface area (Å²) >= 11 is 0. The number of ether oxygens (including phenoxy) is 2. The molecule has 0 radical (unpaired) electrons. The molecule has 0 saturated heterocycles. The van der Waals surface area contributed by atoms with Gasteiger partial charge < -0.3 is 34.7 Å². The molecule has 0 aliphatic heterocycles. The predicted molar refractivity (Wildman–Crippen MR) is 118 cm³/mol. The summed E-state index contributed by atoms with van der Waals surface area (Å²) in [6, 6.07) is 0. The zero-order chi connectivity index (χ0) is 24.1. The Kier molecular flexibility index (Phi) is 22.3. The Morgan fingerprint density at radius 2 is 1.45 bits per heavy atom. The zero-order valence-corrected chi connectivity index (χ0v) is 19.7. The number of carbonyl (C=O) groups excluding carboxylic acids is 1. The first-order chi connectivity index (χ1) is 15.0. The minimum absolute atomic E-state index is 0.140. The van der Waals surface area contributed by atoms with Crippen LogP contribution in [-0.2, 0) is 27.2 Å². The molecular formula is C21H43N3O7. The van der Waals surface area contributed by atoms with Crippen LogP contribution in [0.4, 0.5) is 0 Å². The second-order valence-electron chi connectivity index (χ2n) is 6.49. The summed E-state index contributed by atoms with van der Waals surface area (Å²) in [5, 5.41) is 44.6. The number of hydrogen-bond acceptors (Lipinski definition) is 9. The van der Waals surface area contributed by atoms with Gasteiger partial charge in [-0.05, 0) is 19.8 Å². The Morgan fingerprint density at radius 3 is 1.87 bits per heavy atom. The highest BCUT2D eigenvalue weighted by molar-refractivity contribution is 5.75. The van der Waals surface area contributed by atoms with E-state index in [-0.39, 0.29) is 51.3 Å². The van der Waals surface area contributed by atoms with Gasteiger partial charge in [-0.2, -0.15) is 0 Å². The summed E-state index contributed by atoms with van der Waals surface area (Å²) in [5.41, 5.74) is 0.782. The smallest absolute Gasteiger partial charge is 0.129 e. The molecular weight excluding hydrogens is 406 g/mol. The van der Waals surface area contributed by atoms with Crippen LogP contribution in [-0.4, -0.2) is 93.1 Å². The molecule has 184 valence electrons. The molecule has 0 fully saturated rings. The summed E-state index contributed by atoms with van der Waals surface area (Å²) in [6.45, 7) is 9.14. The highest BCUT2D eigenvalue weighted by atomic mass is 16.5. The molecule has 4 N–H and O–H groups in total. The SMILES string of the molecule is CC.CC.CC(=O)CCCc1cn(CC(COC(CO)CO)COC(CO)CO)nn1. The third-order valence-corrected chi connectivity index (χ3v) is 3.94. The number of nitrogens with zero attached hydrogens (tertiary/aromatic N) is 3. The topological polar surface area (TPSA) is 147 Å². The molecule has 0 aromatic carbocycles. The molecule has 0 aliphatic rings. The van der Waals surface area contributed by atoms with Crippen LogP contribution in [0.25, 0.3) is 0 Å². The van der Waals surface area contributed by atoms with Crippen LogP contribution in [0.1, 0.15) is 53.2 Å². The number of Topliss-reactive ketones (excluding diaryl/α,β-unsaturated/α-hetero) is 1. The third-order valence-electron chi connectivity index (χ3n) is 3.94. The van der Waals surface area contributed by atoms with E-state index in [2.05, 4.69) is 10.3 Å². The molecule has 31 heavy (non-hydrogen) atoms. The van der Waals surface area contributed by atoms with Gasteiger partial charge in [-0.3, -0.25) is 4.68 Å². The lowest BCUT2D eigenvalue weighted by molar-refractivity contribution is -0.117. The molecule has 1 aromatic rings. The lowest BCUT2D eigenvalue weighted by atomic mass is 10.1. The molecule has 1 heterocycles. The normalized spacial score (nSPS) is 10.7. The number of rotatable bonds is 16. The Labute approximate surface area is 186 Å². The molecule has 1 rings (SSSR count). The standard InChI is InChI=1S/C17H31N3O7.2C2H6/c1-13(25)3-2-4-15-6-20(19-18-15)5-14(11-26-16(7-21)8-22)12-27-17(9-23)10-24;2*1-2/h6,14,16-17,21-24H,2-5,7-12H2,1H3;2*1-2H3. The summed E-state index contributed by atoms with van der Waals surface area (Å²) in [6.07, 6.45) is 2.30. The second kappa shape index (κ2) is 21.8. The number of aromatic nitrogens is 3. The quantitative estimate of drug-likeness (QED) is 0.285. The van der Waals surface area contributed by atoms with Gasteiger partial charge in [-0.1, -0.05) is 32.9 Å². The minimum atomic E-state index is -0.683. The van der Waals surface area contributed by atoms with Crippen molar-refractivity contribution in [3.05, 3.63) is 11.9 Å². The van der Waals surface area contributed by atoms with Gasteiger partial charge >= 0.3 is 0 Å². The fraction of sp³-hybridized carbons (Fsp3) is 0.857. The molecule has 10 nitrogen and oxygen atoms in total. The third kappa shape index (κ3) is 15.9. The number of ketones is 1. The molecule has 0 amide bonds. The molecule has 0 aliphatic carbocycles. The van der Waals surface area contributed by atoms with E-state index in [0.717, 1.165) is 5.69 Å². The van der Waals surface area contributed by atoms with Gasteiger partial charge in [-0.25, -0.2) is 0 Å². The van der Waals surface area contributed by atoms with Crippen molar-refractivity contribution in [2.24, 2.45) is 5.92 Å². The maximum atomic E-state index is 11.0. The molecule has 0 saturated carbocycles. The first-order valence-electron chi connectivity index (χ1n) is 11.1. The van der Waals surface area contributed by atoms with Crippen molar-refractivity contribution in [1.82, 2.24) is 15.0 Å². The van der Waals surface area contributed by atoms with Crippen molar-refractivity contribution in [1.29, 1.82) is 0 Å². The van der Waals surface area contributed by atoms with E-state index < -0.39 is 12.2 Å². The van der Waals surface area contributed by atoms with Crippen LogP contribution in [0.5, 0.6) is 0 Å². The van der Waals surface area contributed by atoms with Crippen molar-refractivity contribution in [2.45, 2.75) is 72.6 Å². The minimum Gasteiger partial charge on any atom is -0.394 e. The molecule has 10 heteroatoms. The van der Waals surface area contributed by atoms with Gasteiger partial charge in [0, 0.05) is 25.1 Å². The van der Waals surface area contributed by atoms with Gasteiger partial charge in [0.25, 0.3) is 0 Å². The maximum absolute atomic E-state index is 11.0. The van der Waals surface area contributed by atoms with Crippen LogP contribution in [0.3, 0.4) is 0 Å². The van der Waals surface area contributed by atoms with E-state index in [9.17, 15) is 4.79 Å². The highest BCUT2D eigenvalue weighted by Gasteiger charge is 2.17. The number of carbonyl (C=O) groups is 1. The van der Waals surface area contributed by atoms with Gasteiger partial charge in [-0.15, -0.1) is 5.10 Å². The predicted octanol–water partition coefficient (Wildman–Crippen LogP) is 0.598. The first kappa shape index (κ1) is 31.8. The largest absolute Gasteiger partial charge is 0.394 e. The van der Waals surface area contributed by atoms with Crippen LogP contribution in [0.2, 0.25) is 0 Å². The van der Waals surface area contributed by atoms with Crippen molar-refractivity contribution >= 4 is 5.78 Å². The van der Waals surface area contributed by atoms with Gasteiger partial charge in [0.05, 0.1) is 45.3 Å². The molecule has 0 unspecified atom stereocenters. The Hall–Kier alpha value is -1.43. The maximum Gasteiger partial charge on any atom is 0.129 e. The van der Waals surface area contributed by atoms with Gasteiger partial charge in [0.2, 0.25) is 0 Å². The van der Waals surface area contributed by atoms with E-state index in [0.29, 0.717) is 25.8 Å². The zero-order valence-electron chi connectivity index (χ0n) is 19.7. The summed E-state index contributed by atoms with van der Waals surface area (Å²) in [5.74, 6) is -0.0561. The van der Waals surface area contributed by atoms with E-state index in [1.54, 1.807) is 17.8 Å². The van der Waals surface area contributed by atoms with E-state index in [1.807, 2.05) is 27.7 Å². The second-order valence-corrected chi connectivity index (χ2v) is 6.49. The molecule has 0 atom stereocenters. The van der Waals surface area contributed by atoms with Crippen molar-refractivity contribution < 1.29 is 34.7 Å². The summed E-state index contributed by atoms with van der Waals surface area (Å²) < 4.78 is 12.6. The molecule has 0 spiro atoms. The van der Waals surface area contributed by atoms with Crippen LogP contribution in [0.15, 0.2) is 6.20 Å². The number of aliphatic hydroxyl groups is 4. The van der Waals surface area contributed by atoms with Crippen molar-refractivity contribution in [3.63, 3.8) is 0 Å². The van der Waals surface area contributed by atoms with E-state index in [1.165, 1.54) is 0 Å². The average Bonchev–Trinajstić information content (AvgIpc) is 3.24. The monoisotopic (exact) mass is 449 g/mol. The number of aliphatic hydroxyl groups excluding tert-OH is 4. The number of hydrogen-bond donors (Lipinski definition) is 4. The lowest BCUT2D eigenvalue weighted by Gasteiger charge is -2.22. The first-order valence-corrected chi connectivity index (χ1v) is 11.1. The van der Waals surface area contributed by atoms with Gasteiger partial charge in [0.1, 0.15) is 18.0 Å². The van der Waals surface area contributed by atoms with E-state index in [4.69, 9.17) is 29.9 Å². The van der Waals surface area contributed by atoms with Crippen LogP contribution >= 0.6 is 0 Å². The summed E-state index contributed by atoms with van der Waals surface area (Å²) in [4.78, 5) is 11.0. The molecule has 1 aromatic heterocycles. The fourth-order valence-electron chi connectivity index (χ4n) is 2.35. The fourth-order valence-corrected chi connectivity index (χ4v) is 2.35. The van der Waals surface area contributed by atoms with Crippen LogP contribution in [0, 0.1) is 5.92 Å². The van der Waals surface area contributed by atoms with Gasteiger partial charge in [0.15, 0.2) is 0 Å². The Morgan fingerprint density at radius 1 is 0.968 bits per heavy atom. The lowest BCUT2D eigenvalue weighted by Crippen LogP contribution is -2.32.